The average Bonchev–Trinajstić information content (AvgIpc) is 3.10. The highest BCUT2D eigenvalue weighted by atomic mass is 35.5. The Morgan fingerprint density at radius 2 is 2.16 bits per heavy atom. The lowest BCUT2D eigenvalue weighted by atomic mass is 10.1. The largest absolute Gasteiger partial charge is 0.376 e. The first kappa shape index (κ1) is 20.6. The van der Waals surface area contributed by atoms with E-state index in [1.807, 2.05) is 22.7 Å². The van der Waals surface area contributed by atoms with Gasteiger partial charge in [-0.15, -0.1) is 12.4 Å². The molecule has 2 aliphatic heterocycles. The van der Waals surface area contributed by atoms with Gasteiger partial charge in [0, 0.05) is 50.2 Å². The van der Waals surface area contributed by atoms with Crippen LogP contribution in [0.5, 0.6) is 0 Å². The van der Waals surface area contributed by atoms with Crippen molar-refractivity contribution in [2.45, 2.75) is 37.8 Å². The molecule has 2 heterocycles. The van der Waals surface area contributed by atoms with Crippen LogP contribution in [-0.2, 0) is 16.0 Å². The van der Waals surface area contributed by atoms with Crippen molar-refractivity contribution in [1.82, 2.24) is 10.2 Å². The van der Waals surface area contributed by atoms with E-state index in [0.29, 0.717) is 12.5 Å². The standard InChI is InChI=1S/C19H28N2O2S.ClH/c22-19(13-17-15-24-12-9-20-17)21-10-8-18(14-21)23-11-4-7-16-5-2-1-3-6-16;/h1-3,5-6,17-18,20H,4,7-15H2;1H. The zero-order valence-electron chi connectivity index (χ0n) is 14.7. The SMILES string of the molecule is Cl.O=C(CC1CSCCN1)N1CCC(OCCCc2ccccc2)C1. The molecule has 1 aromatic carbocycles. The van der Waals surface area contributed by atoms with Crippen molar-refractivity contribution in [2.24, 2.45) is 0 Å². The lowest BCUT2D eigenvalue weighted by Crippen LogP contribution is -2.42. The molecular weight excluding hydrogens is 356 g/mol. The molecular formula is C19H29ClN2O2S. The predicted molar refractivity (Wildman–Crippen MR) is 107 cm³/mol. The van der Waals surface area contributed by atoms with Gasteiger partial charge in [-0.3, -0.25) is 4.79 Å². The molecule has 1 N–H and O–H groups in total. The van der Waals surface area contributed by atoms with Crippen LogP contribution in [0.25, 0.3) is 0 Å². The second-order valence-corrected chi connectivity index (χ2v) is 7.79. The zero-order chi connectivity index (χ0) is 16.6. The van der Waals surface area contributed by atoms with Crippen LogP contribution in [0, 0.1) is 0 Å². The van der Waals surface area contributed by atoms with Crippen molar-refractivity contribution in [2.75, 3.05) is 37.7 Å². The number of aryl methyl sites for hydroxylation is 1. The fraction of sp³-hybridized carbons (Fsp3) is 0.632. The second-order valence-electron chi connectivity index (χ2n) is 6.64. The Bertz CT molecular complexity index is 511. The smallest absolute Gasteiger partial charge is 0.224 e. The second kappa shape index (κ2) is 11.1. The van der Waals surface area contributed by atoms with E-state index in [0.717, 1.165) is 57.0 Å². The van der Waals surface area contributed by atoms with Crippen LogP contribution >= 0.6 is 24.2 Å². The summed E-state index contributed by atoms with van der Waals surface area (Å²) in [5.74, 6) is 2.50. The number of halogens is 1. The van der Waals surface area contributed by atoms with Crippen molar-refractivity contribution in [3.63, 3.8) is 0 Å². The van der Waals surface area contributed by atoms with Crippen LogP contribution in [0.15, 0.2) is 30.3 Å². The highest BCUT2D eigenvalue weighted by Crippen LogP contribution is 2.17. The van der Waals surface area contributed by atoms with Gasteiger partial charge in [-0.1, -0.05) is 30.3 Å². The Hall–Kier alpha value is -0.750. The number of hydrogen-bond acceptors (Lipinski definition) is 4. The van der Waals surface area contributed by atoms with E-state index in [2.05, 4.69) is 29.6 Å². The quantitative estimate of drug-likeness (QED) is 0.734. The number of ether oxygens (including phenoxy) is 1. The van der Waals surface area contributed by atoms with Gasteiger partial charge in [0.1, 0.15) is 0 Å². The Kier molecular flexibility index (Phi) is 9.10. The van der Waals surface area contributed by atoms with Crippen molar-refractivity contribution in [3.05, 3.63) is 35.9 Å². The van der Waals surface area contributed by atoms with Crippen LogP contribution in [0.4, 0.5) is 0 Å². The maximum Gasteiger partial charge on any atom is 0.224 e. The number of thioether (sulfide) groups is 1. The Labute approximate surface area is 161 Å². The molecule has 0 radical (unpaired) electrons. The van der Waals surface area contributed by atoms with Gasteiger partial charge in [-0.2, -0.15) is 11.8 Å². The number of carbonyl (C=O) groups is 1. The van der Waals surface area contributed by atoms with Gasteiger partial charge in [0.25, 0.3) is 0 Å². The number of carbonyl (C=O) groups excluding carboxylic acids is 1. The zero-order valence-corrected chi connectivity index (χ0v) is 16.3. The van der Waals surface area contributed by atoms with E-state index >= 15 is 0 Å². The number of hydrogen-bond donors (Lipinski definition) is 1. The molecule has 2 atom stereocenters. The first-order valence-corrected chi connectivity index (χ1v) is 10.2. The molecule has 1 amide bonds. The highest BCUT2D eigenvalue weighted by Gasteiger charge is 2.28. The van der Waals surface area contributed by atoms with Crippen LogP contribution < -0.4 is 5.32 Å². The predicted octanol–water partition coefficient (Wildman–Crippen LogP) is 2.75. The van der Waals surface area contributed by atoms with E-state index in [4.69, 9.17) is 4.74 Å². The lowest BCUT2D eigenvalue weighted by Gasteiger charge is -2.25. The molecule has 140 valence electrons. The Balaban J connectivity index is 0.00000225. The van der Waals surface area contributed by atoms with Gasteiger partial charge in [-0.05, 0) is 24.8 Å². The van der Waals surface area contributed by atoms with E-state index in [-0.39, 0.29) is 24.4 Å². The number of rotatable bonds is 7. The van der Waals surface area contributed by atoms with Crippen LogP contribution in [0.1, 0.15) is 24.8 Å². The van der Waals surface area contributed by atoms with Gasteiger partial charge < -0.3 is 15.0 Å². The summed E-state index contributed by atoms with van der Waals surface area (Å²) in [5.41, 5.74) is 1.36. The molecule has 0 spiro atoms. The molecule has 0 bridgehead atoms. The normalized spacial score (nSPS) is 23.3. The van der Waals surface area contributed by atoms with E-state index in [1.54, 1.807) is 0 Å². The number of nitrogens with one attached hydrogen (secondary N) is 1. The molecule has 25 heavy (non-hydrogen) atoms. The molecule has 0 aliphatic carbocycles. The number of amides is 1. The molecule has 2 fully saturated rings. The minimum atomic E-state index is 0. The summed E-state index contributed by atoms with van der Waals surface area (Å²) in [4.78, 5) is 14.4. The van der Waals surface area contributed by atoms with E-state index < -0.39 is 0 Å². The Morgan fingerprint density at radius 3 is 2.92 bits per heavy atom. The molecule has 2 aliphatic rings. The summed E-state index contributed by atoms with van der Waals surface area (Å²) < 4.78 is 5.98. The molecule has 2 saturated heterocycles. The summed E-state index contributed by atoms with van der Waals surface area (Å²) in [6, 6.07) is 10.9. The molecule has 4 nitrogen and oxygen atoms in total. The molecule has 6 heteroatoms. The summed E-state index contributed by atoms with van der Waals surface area (Å²) in [5, 5.41) is 3.44. The minimum absolute atomic E-state index is 0. The number of benzene rings is 1. The molecule has 0 saturated carbocycles. The fourth-order valence-corrected chi connectivity index (χ4v) is 4.30. The topological polar surface area (TPSA) is 41.6 Å². The number of nitrogens with zero attached hydrogens (tertiary/aromatic N) is 1. The third kappa shape index (κ3) is 6.81. The third-order valence-corrected chi connectivity index (χ3v) is 5.85. The van der Waals surface area contributed by atoms with E-state index in [1.165, 1.54) is 5.56 Å². The van der Waals surface area contributed by atoms with Crippen molar-refractivity contribution >= 4 is 30.1 Å². The molecule has 1 aromatic rings. The minimum Gasteiger partial charge on any atom is -0.376 e. The van der Waals surface area contributed by atoms with Crippen molar-refractivity contribution in [1.29, 1.82) is 0 Å². The number of likely N-dealkylation sites (tertiary alicyclic amines) is 1. The lowest BCUT2D eigenvalue weighted by molar-refractivity contribution is -0.131. The van der Waals surface area contributed by atoms with Gasteiger partial charge >= 0.3 is 0 Å². The highest BCUT2D eigenvalue weighted by molar-refractivity contribution is 7.99. The summed E-state index contributed by atoms with van der Waals surface area (Å²) in [6.07, 6.45) is 3.93. The van der Waals surface area contributed by atoms with Crippen molar-refractivity contribution in [3.8, 4) is 0 Å². The summed E-state index contributed by atoms with van der Waals surface area (Å²) >= 11 is 1.94. The summed E-state index contributed by atoms with van der Waals surface area (Å²) in [7, 11) is 0. The van der Waals surface area contributed by atoms with Crippen LogP contribution in [0.3, 0.4) is 0 Å². The monoisotopic (exact) mass is 384 g/mol. The first-order valence-electron chi connectivity index (χ1n) is 9.05. The van der Waals surface area contributed by atoms with Gasteiger partial charge in [0.15, 0.2) is 0 Å². The fourth-order valence-electron chi connectivity index (χ4n) is 3.35. The van der Waals surface area contributed by atoms with Gasteiger partial charge in [0.05, 0.1) is 6.10 Å². The maximum atomic E-state index is 12.4. The van der Waals surface area contributed by atoms with Crippen LogP contribution in [0.2, 0.25) is 0 Å². The molecule has 2 unspecified atom stereocenters. The average molecular weight is 385 g/mol. The van der Waals surface area contributed by atoms with Crippen LogP contribution in [-0.4, -0.2) is 60.7 Å². The first-order chi connectivity index (χ1) is 11.8. The van der Waals surface area contributed by atoms with E-state index in [9.17, 15) is 4.79 Å². The molecule has 0 aromatic heterocycles. The summed E-state index contributed by atoms with van der Waals surface area (Å²) in [6.45, 7) is 3.42. The maximum absolute atomic E-state index is 12.4. The Morgan fingerprint density at radius 1 is 1.32 bits per heavy atom. The third-order valence-electron chi connectivity index (χ3n) is 4.72. The van der Waals surface area contributed by atoms with Gasteiger partial charge in [0.2, 0.25) is 5.91 Å². The van der Waals surface area contributed by atoms with Gasteiger partial charge in [-0.25, -0.2) is 0 Å². The molecule has 3 rings (SSSR count). The van der Waals surface area contributed by atoms with Crippen molar-refractivity contribution < 1.29 is 9.53 Å².